The summed E-state index contributed by atoms with van der Waals surface area (Å²) in [5.74, 6) is 1.98. The highest BCUT2D eigenvalue weighted by atomic mass is 35.5. The Kier molecular flexibility index (Phi) is 4.16. The Hall–Kier alpha value is -2.73. The molecule has 28 heavy (non-hydrogen) atoms. The number of fused-ring (bicyclic) bond motifs is 2. The molecule has 1 aliphatic carbocycles. The van der Waals surface area contributed by atoms with Gasteiger partial charge >= 0.3 is 0 Å². The fraction of sp³-hybridized carbons (Fsp3) is 0.286. The molecule has 5 rings (SSSR count). The van der Waals surface area contributed by atoms with Crippen molar-refractivity contribution in [2.75, 3.05) is 24.5 Å². The normalized spacial score (nSPS) is 22.9. The van der Waals surface area contributed by atoms with E-state index in [4.69, 9.17) is 11.6 Å². The van der Waals surface area contributed by atoms with Crippen LogP contribution in [0.15, 0.2) is 48.8 Å². The minimum Gasteiger partial charge on any atom is -0.355 e. The lowest BCUT2D eigenvalue weighted by Crippen LogP contribution is -2.31. The highest BCUT2D eigenvalue weighted by molar-refractivity contribution is 6.30. The second kappa shape index (κ2) is 6.71. The van der Waals surface area contributed by atoms with Gasteiger partial charge in [0, 0.05) is 35.6 Å². The van der Waals surface area contributed by atoms with Crippen LogP contribution in [-0.4, -0.2) is 35.5 Å². The molecule has 1 amide bonds. The zero-order chi connectivity index (χ0) is 19.3. The van der Waals surface area contributed by atoms with Crippen LogP contribution in [0.1, 0.15) is 10.4 Å². The summed E-state index contributed by atoms with van der Waals surface area (Å²) in [5, 5.41) is 4.39. The largest absolute Gasteiger partial charge is 0.355 e. The Labute approximate surface area is 166 Å². The van der Waals surface area contributed by atoms with E-state index in [2.05, 4.69) is 20.2 Å². The minimum absolute atomic E-state index is 0.0734. The standard InChI is InChI=1S/C21H18ClFN4O/c22-13-3-1-12(2-4-13)21(28)24-8-16-17-9-27(10-18(16)17)20-15-7-14(23)5-6-19(15)25-11-26-20/h1-7,11,16-18H,8-10H2,(H,24,28)/t16-,17-,18+. The van der Waals surface area contributed by atoms with Crippen molar-refractivity contribution in [3.63, 3.8) is 0 Å². The van der Waals surface area contributed by atoms with E-state index in [0.717, 1.165) is 29.8 Å². The number of amides is 1. The first-order valence-corrected chi connectivity index (χ1v) is 9.67. The number of benzene rings is 2. The predicted octanol–water partition coefficient (Wildman–Crippen LogP) is 3.53. The topological polar surface area (TPSA) is 58.1 Å². The van der Waals surface area contributed by atoms with Gasteiger partial charge in [0.05, 0.1) is 5.52 Å². The van der Waals surface area contributed by atoms with E-state index in [9.17, 15) is 9.18 Å². The summed E-state index contributed by atoms with van der Waals surface area (Å²) in [7, 11) is 0. The molecule has 0 unspecified atom stereocenters. The van der Waals surface area contributed by atoms with Crippen molar-refractivity contribution in [2.45, 2.75) is 0 Å². The molecule has 1 aliphatic heterocycles. The smallest absolute Gasteiger partial charge is 0.251 e. The average Bonchev–Trinajstić information content (AvgIpc) is 3.15. The second-order valence-electron chi connectivity index (χ2n) is 7.47. The summed E-state index contributed by atoms with van der Waals surface area (Å²) in [5.41, 5.74) is 1.37. The maximum absolute atomic E-state index is 13.7. The molecule has 2 fully saturated rings. The first kappa shape index (κ1) is 17.4. The third kappa shape index (κ3) is 3.07. The summed E-state index contributed by atoms with van der Waals surface area (Å²) in [6.45, 7) is 2.41. The summed E-state index contributed by atoms with van der Waals surface area (Å²) < 4.78 is 13.7. The van der Waals surface area contributed by atoms with Crippen LogP contribution in [0.2, 0.25) is 5.02 Å². The number of nitrogens with one attached hydrogen (secondary N) is 1. The monoisotopic (exact) mass is 396 g/mol. The van der Waals surface area contributed by atoms with Gasteiger partial charge in [0.2, 0.25) is 0 Å². The molecule has 142 valence electrons. The number of hydrogen-bond donors (Lipinski definition) is 1. The molecule has 3 atom stereocenters. The van der Waals surface area contributed by atoms with E-state index in [0.29, 0.717) is 34.9 Å². The number of anilines is 1. The second-order valence-corrected chi connectivity index (χ2v) is 7.91. The molecule has 0 bridgehead atoms. The van der Waals surface area contributed by atoms with Gasteiger partial charge in [0.1, 0.15) is 18.0 Å². The Balaban J connectivity index is 1.21. The van der Waals surface area contributed by atoms with Crippen LogP contribution in [0.25, 0.3) is 10.9 Å². The molecule has 5 nitrogen and oxygen atoms in total. The maximum Gasteiger partial charge on any atom is 0.251 e. The Morgan fingerprint density at radius 1 is 1.14 bits per heavy atom. The van der Waals surface area contributed by atoms with Gasteiger partial charge < -0.3 is 10.2 Å². The van der Waals surface area contributed by atoms with Gasteiger partial charge in [-0.3, -0.25) is 4.79 Å². The molecule has 7 heteroatoms. The fourth-order valence-corrected chi connectivity index (χ4v) is 4.43. The SMILES string of the molecule is O=C(NC[C@@H]1[C@H]2CN(c3ncnc4ccc(F)cc34)C[C@@H]12)c1ccc(Cl)cc1. The Bertz CT molecular complexity index is 1050. The molecular weight excluding hydrogens is 379 g/mol. The van der Waals surface area contributed by atoms with E-state index in [1.54, 1.807) is 30.3 Å². The van der Waals surface area contributed by atoms with Crippen LogP contribution in [-0.2, 0) is 0 Å². The van der Waals surface area contributed by atoms with E-state index < -0.39 is 0 Å². The molecule has 0 spiro atoms. The summed E-state index contributed by atoms with van der Waals surface area (Å²) >= 11 is 5.86. The molecular formula is C21H18ClFN4O. The predicted molar refractivity (Wildman–Crippen MR) is 106 cm³/mol. The number of aromatic nitrogens is 2. The number of halogens is 2. The van der Waals surface area contributed by atoms with Crippen molar-refractivity contribution in [1.82, 2.24) is 15.3 Å². The van der Waals surface area contributed by atoms with E-state index in [-0.39, 0.29) is 11.7 Å². The molecule has 1 aromatic heterocycles. The van der Waals surface area contributed by atoms with Crippen LogP contribution in [0.3, 0.4) is 0 Å². The highest BCUT2D eigenvalue weighted by Crippen LogP contribution is 2.52. The first-order valence-electron chi connectivity index (χ1n) is 9.29. The fourth-order valence-electron chi connectivity index (χ4n) is 4.31. The highest BCUT2D eigenvalue weighted by Gasteiger charge is 2.55. The lowest BCUT2D eigenvalue weighted by molar-refractivity contribution is 0.0950. The zero-order valence-corrected chi connectivity index (χ0v) is 15.7. The van der Waals surface area contributed by atoms with E-state index in [1.807, 2.05) is 0 Å². The third-order valence-electron chi connectivity index (χ3n) is 5.85. The van der Waals surface area contributed by atoms with Crippen LogP contribution in [0, 0.1) is 23.6 Å². The molecule has 1 N–H and O–H groups in total. The Morgan fingerprint density at radius 2 is 1.89 bits per heavy atom. The number of nitrogens with zero attached hydrogens (tertiary/aromatic N) is 3. The van der Waals surface area contributed by atoms with E-state index >= 15 is 0 Å². The summed E-state index contributed by atoms with van der Waals surface area (Å²) in [6.07, 6.45) is 1.53. The number of piperidine rings is 1. The van der Waals surface area contributed by atoms with Gasteiger partial charge in [-0.15, -0.1) is 0 Å². The molecule has 1 saturated heterocycles. The number of carbonyl (C=O) groups excluding carboxylic acids is 1. The summed E-state index contributed by atoms with van der Waals surface area (Å²) in [4.78, 5) is 23.1. The van der Waals surface area contributed by atoms with Crippen LogP contribution in [0.5, 0.6) is 0 Å². The van der Waals surface area contributed by atoms with Crippen molar-refractivity contribution in [3.05, 3.63) is 65.2 Å². The lowest BCUT2D eigenvalue weighted by atomic mass is 10.2. The quantitative estimate of drug-likeness (QED) is 0.733. The van der Waals surface area contributed by atoms with Gasteiger partial charge in [0.25, 0.3) is 5.91 Å². The maximum atomic E-state index is 13.7. The molecule has 2 aliphatic rings. The number of rotatable bonds is 4. The lowest BCUT2D eigenvalue weighted by Gasteiger charge is -2.22. The van der Waals surface area contributed by atoms with Crippen molar-refractivity contribution in [3.8, 4) is 0 Å². The molecule has 0 radical (unpaired) electrons. The number of carbonyl (C=O) groups is 1. The van der Waals surface area contributed by atoms with Crippen molar-refractivity contribution < 1.29 is 9.18 Å². The molecule has 2 heterocycles. The summed E-state index contributed by atoms with van der Waals surface area (Å²) in [6, 6.07) is 11.5. The van der Waals surface area contributed by atoms with Crippen molar-refractivity contribution in [2.24, 2.45) is 17.8 Å². The Morgan fingerprint density at radius 3 is 2.64 bits per heavy atom. The molecule has 3 aromatic rings. The third-order valence-corrected chi connectivity index (χ3v) is 6.10. The van der Waals surface area contributed by atoms with Crippen LogP contribution in [0.4, 0.5) is 10.2 Å². The van der Waals surface area contributed by atoms with E-state index in [1.165, 1.54) is 18.5 Å². The van der Waals surface area contributed by atoms with Gasteiger partial charge in [-0.05, 0) is 60.2 Å². The van der Waals surface area contributed by atoms with Gasteiger partial charge in [-0.1, -0.05) is 11.6 Å². The van der Waals surface area contributed by atoms with Crippen LogP contribution < -0.4 is 10.2 Å². The molecule has 2 aromatic carbocycles. The zero-order valence-electron chi connectivity index (χ0n) is 15.0. The minimum atomic E-state index is -0.282. The number of hydrogen-bond acceptors (Lipinski definition) is 4. The molecule has 1 saturated carbocycles. The first-order chi connectivity index (χ1) is 13.6. The van der Waals surface area contributed by atoms with Gasteiger partial charge in [-0.25, -0.2) is 14.4 Å². The van der Waals surface area contributed by atoms with Crippen LogP contribution >= 0.6 is 11.6 Å². The van der Waals surface area contributed by atoms with Crippen molar-refractivity contribution >= 4 is 34.2 Å². The average molecular weight is 397 g/mol. The van der Waals surface area contributed by atoms with Gasteiger partial charge in [-0.2, -0.15) is 0 Å². The van der Waals surface area contributed by atoms with Crippen molar-refractivity contribution in [1.29, 1.82) is 0 Å². The van der Waals surface area contributed by atoms with Gasteiger partial charge in [0.15, 0.2) is 0 Å².